The first-order valence-electron chi connectivity index (χ1n) is 5.67. The summed E-state index contributed by atoms with van der Waals surface area (Å²) in [6.45, 7) is 2.12. The Balaban J connectivity index is 2.37. The number of pyridine rings is 1. The zero-order valence-electron chi connectivity index (χ0n) is 9.73. The molecule has 0 fully saturated rings. The van der Waals surface area contributed by atoms with Crippen molar-refractivity contribution in [1.29, 1.82) is 0 Å². The van der Waals surface area contributed by atoms with Crippen LogP contribution in [-0.2, 0) is 6.42 Å². The first kappa shape index (κ1) is 12.1. The van der Waals surface area contributed by atoms with Gasteiger partial charge in [-0.05, 0) is 29.7 Å². The van der Waals surface area contributed by atoms with Gasteiger partial charge in [0.2, 0.25) is 0 Å². The van der Waals surface area contributed by atoms with E-state index in [1.165, 1.54) is 5.56 Å². The Morgan fingerprint density at radius 3 is 2.82 bits per heavy atom. The van der Waals surface area contributed by atoms with Crippen LogP contribution in [0.3, 0.4) is 0 Å². The maximum Gasteiger partial charge on any atom is 0.0802 e. The van der Waals surface area contributed by atoms with E-state index in [0.717, 1.165) is 17.7 Å². The van der Waals surface area contributed by atoms with E-state index in [4.69, 9.17) is 17.3 Å². The highest BCUT2D eigenvalue weighted by Crippen LogP contribution is 2.24. The Labute approximate surface area is 106 Å². The lowest BCUT2D eigenvalue weighted by molar-refractivity contribution is 0.826. The summed E-state index contributed by atoms with van der Waals surface area (Å²) >= 11 is 6.10. The van der Waals surface area contributed by atoms with Gasteiger partial charge in [0.05, 0.1) is 16.8 Å². The maximum absolute atomic E-state index is 6.19. The summed E-state index contributed by atoms with van der Waals surface area (Å²) in [5.41, 5.74) is 9.23. The zero-order chi connectivity index (χ0) is 12.3. The van der Waals surface area contributed by atoms with E-state index >= 15 is 0 Å². The van der Waals surface area contributed by atoms with Crippen LogP contribution >= 0.6 is 11.6 Å². The molecule has 0 spiro atoms. The molecule has 88 valence electrons. The van der Waals surface area contributed by atoms with Crippen LogP contribution in [0, 0.1) is 0 Å². The Hall–Kier alpha value is -1.38. The molecule has 0 bridgehead atoms. The smallest absolute Gasteiger partial charge is 0.0802 e. The molecule has 2 nitrogen and oxygen atoms in total. The average molecular weight is 247 g/mol. The topological polar surface area (TPSA) is 38.9 Å². The highest BCUT2D eigenvalue weighted by molar-refractivity contribution is 6.31. The van der Waals surface area contributed by atoms with Gasteiger partial charge in [0, 0.05) is 6.20 Å². The quantitative estimate of drug-likeness (QED) is 0.902. The molecule has 1 heterocycles. The van der Waals surface area contributed by atoms with Gasteiger partial charge in [-0.25, -0.2) is 0 Å². The third kappa shape index (κ3) is 2.65. The van der Waals surface area contributed by atoms with Gasteiger partial charge in [-0.1, -0.05) is 42.8 Å². The Morgan fingerprint density at radius 1 is 1.29 bits per heavy atom. The second-order valence-corrected chi connectivity index (χ2v) is 4.35. The summed E-state index contributed by atoms with van der Waals surface area (Å²) in [7, 11) is 0. The molecule has 3 heteroatoms. The lowest BCUT2D eigenvalue weighted by Gasteiger charge is -2.13. The van der Waals surface area contributed by atoms with Gasteiger partial charge < -0.3 is 5.73 Å². The van der Waals surface area contributed by atoms with E-state index in [-0.39, 0.29) is 6.04 Å². The van der Waals surface area contributed by atoms with Gasteiger partial charge in [-0.2, -0.15) is 0 Å². The van der Waals surface area contributed by atoms with Crippen LogP contribution < -0.4 is 5.73 Å². The summed E-state index contributed by atoms with van der Waals surface area (Å²) in [5, 5.41) is 0.613. The van der Waals surface area contributed by atoms with Gasteiger partial charge in [0.1, 0.15) is 0 Å². The van der Waals surface area contributed by atoms with Crippen molar-refractivity contribution >= 4 is 11.6 Å². The molecule has 1 unspecified atom stereocenters. The van der Waals surface area contributed by atoms with E-state index in [0.29, 0.717) is 5.02 Å². The Kier molecular flexibility index (Phi) is 3.77. The molecule has 0 aliphatic carbocycles. The van der Waals surface area contributed by atoms with Crippen molar-refractivity contribution in [3.8, 4) is 0 Å². The van der Waals surface area contributed by atoms with E-state index < -0.39 is 0 Å². The van der Waals surface area contributed by atoms with E-state index in [9.17, 15) is 0 Å². The van der Waals surface area contributed by atoms with Gasteiger partial charge >= 0.3 is 0 Å². The molecule has 17 heavy (non-hydrogen) atoms. The second kappa shape index (κ2) is 5.30. The largest absolute Gasteiger partial charge is 0.319 e. The Bertz CT molecular complexity index is 511. The van der Waals surface area contributed by atoms with Crippen molar-refractivity contribution in [1.82, 2.24) is 4.98 Å². The van der Waals surface area contributed by atoms with Gasteiger partial charge in [-0.15, -0.1) is 0 Å². The molecule has 0 amide bonds. The summed E-state index contributed by atoms with van der Waals surface area (Å²) in [5.74, 6) is 0. The van der Waals surface area contributed by atoms with Crippen LogP contribution in [0.2, 0.25) is 5.02 Å². The Morgan fingerprint density at radius 2 is 2.12 bits per heavy atom. The molecule has 1 aromatic carbocycles. The first-order valence-corrected chi connectivity index (χ1v) is 6.05. The number of rotatable bonds is 3. The van der Waals surface area contributed by atoms with Crippen molar-refractivity contribution < 1.29 is 0 Å². The third-order valence-corrected chi connectivity index (χ3v) is 3.12. The fraction of sp³-hybridized carbons (Fsp3) is 0.214. The molecule has 0 saturated carbocycles. The highest BCUT2D eigenvalue weighted by Gasteiger charge is 2.13. The van der Waals surface area contributed by atoms with Crippen LogP contribution in [-0.4, -0.2) is 4.98 Å². The molecule has 0 radical (unpaired) electrons. The number of hydrogen-bond donors (Lipinski definition) is 1. The predicted molar refractivity (Wildman–Crippen MR) is 71.1 cm³/mol. The van der Waals surface area contributed by atoms with Crippen LogP contribution in [0.15, 0.2) is 42.6 Å². The lowest BCUT2D eigenvalue weighted by atomic mass is 10.0. The summed E-state index contributed by atoms with van der Waals surface area (Å²) < 4.78 is 0. The summed E-state index contributed by atoms with van der Waals surface area (Å²) in [4.78, 5) is 4.25. The van der Waals surface area contributed by atoms with Crippen molar-refractivity contribution in [2.24, 2.45) is 5.73 Å². The van der Waals surface area contributed by atoms with Gasteiger partial charge in [-0.3, -0.25) is 4.98 Å². The predicted octanol–water partition coefficient (Wildman–Crippen LogP) is 3.35. The minimum Gasteiger partial charge on any atom is -0.319 e. The maximum atomic E-state index is 6.19. The van der Waals surface area contributed by atoms with E-state index in [2.05, 4.69) is 24.0 Å². The molecule has 0 aliphatic heterocycles. The number of halogens is 1. The number of nitrogens with zero attached hydrogens (tertiary/aromatic N) is 1. The van der Waals surface area contributed by atoms with Crippen LogP contribution in [0.1, 0.15) is 29.8 Å². The first-order chi connectivity index (χ1) is 8.22. The molecule has 2 aromatic rings. The summed E-state index contributed by atoms with van der Waals surface area (Å²) in [6, 6.07) is 11.6. The molecule has 2 N–H and O–H groups in total. The van der Waals surface area contributed by atoms with Crippen molar-refractivity contribution in [2.75, 3.05) is 0 Å². The number of aromatic nitrogens is 1. The fourth-order valence-corrected chi connectivity index (χ4v) is 2.03. The second-order valence-electron chi connectivity index (χ2n) is 3.95. The number of benzene rings is 1. The van der Waals surface area contributed by atoms with Crippen molar-refractivity contribution in [2.45, 2.75) is 19.4 Å². The van der Waals surface area contributed by atoms with Gasteiger partial charge in [0.25, 0.3) is 0 Å². The molecule has 0 aliphatic rings. The highest BCUT2D eigenvalue weighted by atomic mass is 35.5. The monoisotopic (exact) mass is 246 g/mol. The molecule has 1 aromatic heterocycles. The molecule has 2 rings (SSSR count). The molecule has 0 saturated heterocycles. The minimum atomic E-state index is -0.268. The van der Waals surface area contributed by atoms with Crippen LogP contribution in [0.4, 0.5) is 0 Å². The standard InChI is InChI=1S/C14H15ClN2/c1-2-10-5-3-6-11(9-10)13(16)14-12(15)7-4-8-17-14/h3-9,13H,2,16H2,1H3. The number of nitrogens with two attached hydrogens (primary N) is 1. The van der Waals surface area contributed by atoms with Crippen LogP contribution in [0.5, 0.6) is 0 Å². The zero-order valence-corrected chi connectivity index (χ0v) is 10.5. The average Bonchev–Trinajstić information content (AvgIpc) is 2.38. The summed E-state index contributed by atoms with van der Waals surface area (Å²) in [6.07, 6.45) is 2.71. The minimum absolute atomic E-state index is 0.268. The molecular formula is C14H15ClN2. The normalized spacial score (nSPS) is 12.4. The van der Waals surface area contributed by atoms with E-state index in [1.807, 2.05) is 18.2 Å². The SMILES string of the molecule is CCc1cccc(C(N)c2ncccc2Cl)c1. The molecular weight excluding hydrogens is 232 g/mol. The number of aryl methyl sites for hydroxylation is 1. The van der Waals surface area contributed by atoms with Gasteiger partial charge in [0.15, 0.2) is 0 Å². The molecule has 1 atom stereocenters. The van der Waals surface area contributed by atoms with Crippen LogP contribution in [0.25, 0.3) is 0 Å². The number of hydrogen-bond acceptors (Lipinski definition) is 2. The van der Waals surface area contributed by atoms with Crippen molar-refractivity contribution in [3.05, 3.63) is 64.4 Å². The van der Waals surface area contributed by atoms with E-state index in [1.54, 1.807) is 12.3 Å². The fourth-order valence-electron chi connectivity index (χ4n) is 1.79. The lowest BCUT2D eigenvalue weighted by Crippen LogP contribution is -2.14. The van der Waals surface area contributed by atoms with Crippen molar-refractivity contribution in [3.63, 3.8) is 0 Å². The third-order valence-electron chi connectivity index (χ3n) is 2.80.